The summed E-state index contributed by atoms with van der Waals surface area (Å²) in [5, 5.41) is 2.90. The molecule has 0 fully saturated rings. The van der Waals surface area contributed by atoms with Crippen LogP contribution in [0.1, 0.15) is 20.8 Å². The van der Waals surface area contributed by atoms with Gasteiger partial charge < -0.3 is 10.1 Å². The van der Waals surface area contributed by atoms with Crippen LogP contribution in [0.25, 0.3) is 0 Å². The van der Waals surface area contributed by atoms with Crippen LogP contribution in [0, 0.1) is 5.92 Å². The van der Waals surface area contributed by atoms with E-state index >= 15 is 0 Å². The van der Waals surface area contributed by atoms with Gasteiger partial charge in [-0.3, -0.25) is 4.79 Å². The van der Waals surface area contributed by atoms with Crippen molar-refractivity contribution >= 4 is 11.8 Å². The van der Waals surface area contributed by atoms with Crippen molar-refractivity contribution in [3.05, 3.63) is 12.3 Å². The summed E-state index contributed by atoms with van der Waals surface area (Å²) in [4.78, 5) is 21.8. The Morgan fingerprint density at radius 3 is 2.57 bits per heavy atom. The predicted octanol–water partition coefficient (Wildman–Crippen LogP) is 0.878. The van der Waals surface area contributed by atoms with Crippen LogP contribution in [0.2, 0.25) is 0 Å². The Bertz CT molecular complexity index is 221. The summed E-state index contributed by atoms with van der Waals surface area (Å²) in [5.74, 6) is -0.949. The molecule has 0 saturated carbocycles. The normalized spacial score (nSPS) is 10.6. The van der Waals surface area contributed by atoms with Crippen molar-refractivity contribution in [2.75, 3.05) is 13.2 Å². The van der Waals surface area contributed by atoms with Crippen LogP contribution in [0.15, 0.2) is 12.3 Å². The minimum absolute atomic E-state index is 0.220. The van der Waals surface area contributed by atoms with Gasteiger partial charge >= 0.3 is 5.97 Å². The van der Waals surface area contributed by atoms with Crippen molar-refractivity contribution in [3.8, 4) is 0 Å². The zero-order chi connectivity index (χ0) is 11.0. The standard InChI is InChI=1S/C10H17NO3/c1-4-14-10(13)9(12)5-6-11-7-8(2)3/h5-6,8,11H,4,7H2,1-3H3/b6-5-. The van der Waals surface area contributed by atoms with E-state index in [0.29, 0.717) is 5.92 Å². The first-order chi connectivity index (χ1) is 6.57. The fraction of sp³-hybridized carbons (Fsp3) is 0.600. The second kappa shape index (κ2) is 7.12. The Hall–Kier alpha value is -1.32. The van der Waals surface area contributed by atoms with E-state index in [9.17, 15) is 9.59 Å². The van der Waals surface area contributed by atoms with Gasteiger partial charge in [-0.05, 0) is 12.8 Å². The minimum atomic E-state index is -0.810. The van der Waals surface area contributed by atoms with Crippen molar-refractivity contribution in [2.45, 2.75) is 20.8 Å². The summed E-state index contributed by atoms with van der Waals surface area (Å²) in [5.41, 5.74) is 0. The van der Waals surface area contributed by atoms with Gasteiger partial charge in [0, 0.05) is 18.8 Å². The first-order valence-corrected chi connectivity index (χ1v) is 4.69. The van der Waals surface area contributed by atoms with E-state index in [4.69, 9.17) is 0 Å². The Labute approximate surface area is 84.3 Å². The molecule has 0 unspecified atom stereocenters. The summed E-state index contributed by atoms with van der Waals surface area (Å²) in [6, 6.07) is 0. The molecule has 0 aromatic carbocycles. The average molecular weight is 199 g/mol. The number of hydrogen-bond acceptors (Lipinski definition) is 4. The fourth-order valence-corrected chi connectivity index (χ4v) is 0.709. The zero-order valence-corrected chi connectivity index (χ0v) is 8.87. The molecule has 0 aromatic heterocycles. The lowest BCUT2D eigenvalue weighted by Crippen LogP contribution is -2.17. The second-order valence-corrected chi connectivity index (χ2v) is 3.22. The van der Waals surface area contributed by atoms with Gasteiger partial charge in [0.1, 0.15) is 0 Å². The van der Waals surface area contributed by atoms with E-state index in [1.807, 2.05) is 13.8 Å². The molecule has 1 N–H and O–H groups in total. The quantitative estimate of drug-likeness (QED) is 0.392. The molecule has 0 saturated heterocycles. The maximum atomic E-state index is 11.0. The van der Waals surface area contributed by atoms with Gasteiger partial charge in [-0.2, -0.15) is 0 Å². The Kier molecular flexibility index (Phi) is 6.45. The van der Waals surface area contributed by atoms with Crippen molar-refractivity contribution in [1.82, 2.24) is 5.32 Å². The van der Waals surface area contributed by atoms with Gasteiger partial charge in [0.05, 0.1) is 6.61 Å². The van der Waals surface area contributed by atoms with Crippen LogP contribution < -0.4 is 5.32 Å². The molecule has 0 radical (unpaired) electrons. The fourth-order valence-electron chi connectivity index (χ4n) is 0.709. The molecule has 0 aliphatic carbocycles. The van der Waals surface area contributed by atoms with Gasteiger partial charge in [0.15, 0.2) is 0 Å². The number of hydrogen-bond donors (Lipinski definition) is 1. The number of ketones is 1. The maximum Gasteiger partial charge on any atom is 0.379 e. The minimum Gasteiger partial charge on any atom is -0.460 e. The highest BCUT2D eigenvalue weighted by molar-refractivity contribution is 6.38. The first-order valence-electron chi connectivity index (χ1n) is 4.69. The van der Waals surface area contributed by atoms with Gasteiger partial charge in [-0.1, -0.05) is 13.8 Å². The summed E-state index contributed by atoms with van der Waals surface area (Å²) < 4.78 is 4.51. The number of nitrogens with one attached hydrogen (secondary N) is 1. The molecule has 0 atom stereocenters. The van der Waals surface area contributed by atoms with Crippen LogP contribution in [0.4, 0.5) is 0 Å². The number of ether oxygens (including phenoxy) is 1. The summed E-state index contributed by atoms with van der Waals surface area (Å²) in [6.07, 6.45) is 2.65. The zero-order valence-electron chi connectivity index (χ0n) is 8.87. The molecule has 0 spiro atoms. The Balaban J connectivity index is 3.76. The number of carbonyl (C=O) groups is 2. The molecule has 14 heavy (non-hydrogen) atoms. The molecule has 4 heteroatoms. The highest BCUT2D eigenvalue weighted by Gasteiger charge is 2.09. The van der Waals surface area contributed by atoms with Crippen molar-refractivity contribution < 1.29 is 14.3 Å². The lowest BCUT2D eigenvalue weighted by Gasteiger charge is -2.02. The largest absolute Gasteiger partial charge is 0.460 e. The highest BCUT2D eigenvalue weighted by Crippen LogP contribution is 1.87. The molecule has 0 aromatic rings. The molecule has 0 aliphatic heterocycles. The van der Waals surface area contributed by atoms with E-state index < -0.39 is 11.8 Å². The van der Waals surface area contributed by atoms with E-state index in [0.717, 1.165) is 6.54 Å². The third-order valence-electron chi connectivity index (χ3n) is 1.36. The van der Waals surface area contributed by atoms with Gasteiger partial charge in [0.2, 0.25) is 0 Å². The second-order valence-electron chi connectivity index (χ2n) is 3.22. The van der Waals surface area contributed by atoms with E-state index in [-0.39, 0.29) is 6.61 Å². The molecule has 80 valence electrons. The van der Waals surface area contributed by atoms with Crippen LogP contribution in [0.3, 0.4) is 0 Å². The molecule has 0 rings (SSSR count). The summed E-state index contributed by atoms with van der Waals surface area (Å²) in [6.45, 7) is 6.75. The molecule has 0 heterocycles. The maximum absolute atomic E-state index is 11.0. The Morgan fingerprint density at radius 1 is 1.43 bits per heavy atom. The van der Waals surface area contributed by atoms with Crippen molar-refractivity contribution in [3.63, 3.8) is 0 Å². The summed E-state index contributed by atoms with van der Waals surface area (Å²) >= 11 is 0. The third kappa shape index (κ3) is 6.22. The molecule has 4 nitrogen and oxygen atoms in total. The number of rotatable bonds is 6. The number of esters is 1. The van der Waals surface area contributed by atoms with Crippen LogP contribution in [-0.4, -0.2) is 24.9 Å². The lowest BCUT2D eigenvalue weighted by molar-refractivity contribution is -0.151. The van der Waals surface area contributed by atoms with Gasteiger partial charge in [0.25, 0.3) is 5.78 Å². The smallest absolute Gasteiger partial charge is 0.379 e. The number of carbonyl (C=O) groups excluding carboxylic acids is 2. The molecular weight excluding hydrogens is 182 g/mol. The monoisotopic (exact) mass is 199 g/mol. The highest BCUT2D eigenvalue weighted by atomic mass is 16.5. The summed E-state index contributed by atoms with van der Waals surface area (Å²) in [7, 11) is 0. The van der Waals surface area contributed by atoms with Gasteiger partial charge in [-0.25, -0.2) is 4.79 Å². The Morgan fingerprint density at radius 2 is 2.07 bits per heavy atom. The molecule has 0 aliphatic rings. The first kappa shape index (κ1) is 12.7. The van der Waals surface area contributed by atoms with Crippen molar-refractivity contribution in [1.29, 1.82) is 0 Å². The predicted molar refractivity (Wildman–Crippen MR) is 53.6 cm³/mol. The van der Waals surface area contributed by atoms with E-state index in [1.54, 1.807) is 6.92 Å². The molecule has 0 bridgehead atoms. The molecule has 0 amide bonds. The molecular formula is C10H17NO3. The van der Waals surface area contributed by atoms with Crippen molar-refractivity contribution in [2.24, 2.45) is 5.92 Å². The van der Waals surface area contributed by atoms with Crippen LogP contribution >= 0.6 is 0 Å². The SMILES string of the molecule is CCOC(=O)C(=O)/C=C\NCC(C)C. The van der Waals surface area contributed by atoms with Crippen LogP contribution in [-0.2, 0) is 14.3 Å². The van der Waals surface area contributed by atoms with Gasteiger partial charge in [-0.15, -0.1) is 0 Å². The topological polar surface area (TPSA) is 55.4 Å². The van der Waals surface area contributed by atoms with E-state index in [2.05, 4.69) is 10.1 Å². The van der Waals surface area contributed by atoms with Crippen LogP contribution in [0.5, 0.6) is 0 Å². The third-order valence-corrected chi connectivity index (χ3v) is 1.36. The average Bonchev–Trinajstić information content (AvgIpc) is 2.12. The van der Waals surface area contributed by atoms with E-state index in [1.165, 1.54) is 12.3 Å². The lowest BCUT2D eigenvalue weighted by atomic mass is 10.2.